The summed E-state index contributed by atoms with van der Waals surface area (Å²) in [6, 6.07) is 19.6. The van der Waals surface area contributed by atoms with Crippen LogP contribution in [0, 0.1) is 11.3 Å². The van der Waals surface area contributed by atoms with Gasteiger partial charge >= 0.3 is 0 Å². The Bertz CT molecular complexity index is 1100. The fourth-order valence-electron chi connectivity index (χ4n) is 3.17. The van der Waals surface area contributed by atoms with E-state index in [1.54, 1.807) is 31.6 Å². The third-order valence-electron chi connectivity index (χ3n) is 5.23. The SMILES string of the molecule is C=C(CC(OC)c1ccncc1)c1cc(C=O)cc(-c2ccccc2C#N)c1.CNC(C)C. The maximum Gasteiger partial charge on any atom is 0.150 e. The van der Waals surface area contributed by atoms with Crippen LogP contribution in [-0.4, -0.2) is 31.5 Å². The molecule has 3 rings (SSSR count). The molecule has 0 amide bonds. The number of nitrogens with zero attached hydrogens (tertiary/aromatic N) is 2. The molecule has 1 unspecified atom stereocenters. The maximum atomic E-state index is 11.5. The van der Waals surface area contributed by atoms with E-state index < -0.39 is 0 Å². The minimum absolute atomic E-state index is 0.162. The van der Waals surface area contributed by atoms with Crippen LogP contribution in [0.25, 0.3) is 16.7 Å². The third-order valence-corrected chi connectivity index (χ3v) is 5.23. The highest BCUT2D eigenvalue weighted by Crippen LogP contribution is 2.32. The molecule has 0 bridgehead atoms. The lowest BCUT2D eigenvalue weighted by atomic mass is 9.92. The van der Waals surface area contributed by atoms with Crippen molar-refractivity contribution in [1.82, 2.24) is 10.3 Å². The van der Waals surface area contributed by atoms with Crippen LogP contribution < -0.4 is 5.32 Å². The summed E-state index contributed by atoms with van der Waals surface area (Å²) in [4.78, 5) is 15.5. The highest BCUT2D eigenvalue weighted by molar-refractivity contribution is 5.84. The van der Waals surface area contributed by atoms with Crippen molar-refractivity contribution >= 4 is 11.9 Å². The fraction of sp³-hybridized carbons (Fsp3) is 0.250. The summed E-state index contributed by atoms with van der Waals surface area (Å²) < 4.78 is 5.64. The van der Waals surface area contributed by atoms with Crippen LogP contribution in [0.5, 0.6) is 0 Å². The molecule has 0 saturated heterocycles. The Morgan fingerprint density at radius 1 is 1.18 bits per heavy atom. The van der Waals surface area contributed by atoms with Crippen LogP contribution in [0.2, 0.25) is 0 Å². The topological polar surface area (TPSA) is 75.0 Å². The molecule has 5 nitrogen and oxygen atoms in total. The smallest absolute Gasteiger partial charge is 0.150 e. The molecule has 0 aliphatic rings. The zero-order valence-electron chi connectivity index (χ0n) is 19.7. The van der Waals surface area contributed by atoms with Gasteiger partial charge in [0.25, 0.3) is 0 Å². The molecule has 0 radical (unpaired) electrons. The average Bonchev–Trinajstić information content (AvgIpc) is 2.87. The quantitative estimate of drug-likeness (QED) is 0.445. The number of carbonyl (C=O) groups excluding carboxylic acids is 1. The Hall–Kier alpha value is -3.59. The number of nitriles is 1. The molecule has 3 aromatic rings. The van der Waals surface area contributed by atoms with Gasteiger partial charge in [0.1, 0.15) is 6.29 Å². The molecular formula is C28H31N3O2. The van der Waals surface area contributed by atoms with Crippen LogP contribution in [0.4, 0.5) is 0 Å². The van der Waals surface area contributed by atoms with Crippen molar-refractivity contribution in [2.45, 2.75) is 32.4 Å². The van der Waals surface area contributed by atoms with E-state index in [0.29, 0.717) is 23.6 Å². The van der Waals surface area contributed by atoms with E-state index in [-0.39, 0.29) is 6.10 Å². The summed E-state index contributed by atoms with van der Waals surface area (Å²) in [5.74, 6) is 0. The predicted octanol–water partition coefficient (Wildman–Crippen LogP) is 5.84. The van der Waals surface area contributed by atoms with Crippen LogP contribution in [0.1, 0.15) is 53.4 Å². The number of rotatable bonds is 8. The van der Waals surface area contributed by atoms with Crippen LogP contribution in [0.15, 0.2) is 73.6 Å². The van der Waals surface area contributed by atoms with Gasteiger partial charge in [0.15, 0.2) is 0 Å². The monoisotopic (exact) mass is 441 g/mol. The first-order valence-electron chi connectivity index (χ1n) is 10.8. The molecule has 0 aliphatic heterocycles. The van der Waals surface area contributed by atoms with Gasteiger partial charge in [-0.05, 0) is 71.3 Å². The molecule has 5 heteroatoms. The lowest BCUT2D eigenvalue weighted by molar-refractivity contribution is 0.108. The summed E-state index contributed by atoms with van der Waals surface area (Å²) in [6.07, 6.45) is 4.68. The zero-order chi connectivity index (χ0) is 24.2. The number of aromatic nitrogens is 1. The highest BCUT2D eigenvalue weighted by Gasteiger charge is 2.15. The van der Waals surface area contributed by atoms with Gasteiger partial charge in [-0.25, -0.2) is 0 Å². The van der Waals surface area contributed by atoms with Crippen LogP contribution in [0.3, 0.4) is 0 Å². The largest absolute Gasteiger partial charge is 0.376 e. The van der Waals surface area contributed by atoms with Crippen LogP contribution in [-0.2, 0) is 4.74 Å². The van der Waals surface area contributed by atoms with Crippen molar-refractivity contribution in [2.24, 2.45) is 0 Å². The summed E-state index contributed by atoms with van der Waals surface area (Å²) in [5.41, 5.74) is 5.43. The number of hydrogen-bond acceptors (Lipinski definition) is 5. The zero-order valence-corrected chi connectivity index (χ0v) is 19.7. The van der Waals surface area contributed by atoms with Crippen molar-refractivity contribution < 1.29 is 9.53 Å². The standard InChI is InChI=1S/C24H20N2O2.C4H11N/c1-17(11-24(28-2)19-7-9-26-10-8-19)21-12-18(16-27)13-22(14-21)23-6-4-3-5-20(23)15-25;1-4(2)5-3/h3-10,12-14,16,24H,1,11H2,2H3;4-5H,1-3H3. The number of nitrogens with one attached hydrogen (secondary N) is 1. The molecule has 1 aromatic heterocycles. The van der Waals surface area contributed by atoms with Gasteiger partial charge in [-0.2, -0.15) is 5.26 Å². The summed E-state index contributed by atoms with van der Waals surface area (Å²) in [7, 11) is 3.61. The molecule has 170 valence electrons. The summed E-state index contributed by atoms with van der Waals surface area (Å²) in [5, 5.41) is 12.4. The predicted molar refractivity (Wildman–Crippen MR) is 134 cm³/mol. The van der Waals surface area contributed by atoms with Gasteiger partial charge in [0, 0.05) is 37.5 Å². The van der Waals surface area contributed by atoms with Crippen molar-refractivity contribution in [3.8, 4) is 17.2 Å². The molecule has 1 N–H and O–H groups in total. The second-order valence-corrected chi connectivity index (χ2v) is 7.87. The lowest BCUT2D eigenvalue weighted by Crippen LogP contribution is -2.15. The van der Waals surface area contributed by atoms with E-state index >= 15 is 0 Å². The molecule has 0 aliphatic carbocycles. The Morgan fingerprint density at radius 3 is 2.42 bits per heavy atom. The van der Waals surface area contributed by atoms with Gasteiger partial charge in [0.05, 0.1) is 17.7 Å². The minimum Gasteiger partial charge on any atom is -0.376 e. The van der Waals surface area contributed by atoms with Crippen molar-refractivity contribution in [3.63, 3.8) is 0 Å². The van der Waals surface area contributed by atoms with Crippen molar-refractivity contribution in [1.29, 1.82) is 5.26 Å². The molecule has 0 fully saturated rings. The second kappa shape index (κ2) is 13.1. The van der Waals surface area contributed by atoms with E-state index in [0.717, 1.165) is 34.1 Å². The van der Waals surface area contributed by atoms with Crippen LogP contribution >= 0.6 is 0 Å². The molecular weight excluding hydrogens is 410 g/mol. The number of hydrogen-bond donors (Lipinski definition) is 1. The Morgan fingerprint density at radius 2 is 1.85 bits per heavy atom. The molecule has 1 atom stereocenters. The van der Waals surface area contributed by atoms with Gasteiger partial charge < -0.3 is 10.1 Å². The van der Waals surface area contributed by atoms with Crippen molar-refractivity contribution in [3.05, 3.63) is 95.8 Å². The van der Waals surface area contributed by atoms with Gasteiger partial charge in [-0.1, -0.05) is 38.6 Å². The lowest BCUT2D eigenvalue weighted by Gasteiger charge is -2.18. The normalized spacial score (nSPS) is 11.2. The minimum atomic E-state index is -0.162. The van der Waals surface area contributed by atoms with Crippen molar-refractivity contribution in [2.75, 3.05) is 14.2 Å². The summed E-state index contributed by atoms with van der Waals surface area (Å²) >= 11 is 0. The van der Waals surface area contributed by atoms with Gasteiger partial charge in [0.2, 0.25) is 0 Å². The van der Waals surface area contributed by atoms with E-state index in [2.05, 4.69) is 36.8 Å². The summed E-state index contributed by atoms with van der Waals surface area (Å²) in [6.45, 7) is 8.44. The first kappa shape index (κ1) is 25.7. The van der Waals surface area contributed by atoms with E-state index in [1.165, 1.54) is 0 Å². The maximum absolute atomic E-state index is 11.5. The number of pyridine rings is 1. The molecule has 33 heavy (non-hydrogen) atoms. The molecule has 1 heterocycles. The molecule has 0 saturated carbocycles. The number of aldehydes is 1. The number of methoxy groups -OCH3 is 1. The van der Waals surface area contributed by atoms with Gasteiger partial charge in [-0.3, -0.25) is 9.78 Å². The Kier molecular flexibility index (Phi) is 10.2. The second-order valence-electron chi connectivity index (χ2n) is 7.87. The molecule has 2 aromatic carbocycles. The number of benzene rings is 2. The third kappa shape index (κ3) is 7.50. The number of carbonyl (C=O) groups is 1. The van der Waals surface area contributed by atoms with Gasteiger partial charge in [-0.15, -0.1) is 0 Å². The fourth-order valence-corrected chi connectivity index (χ4v) is 3.17. The Balaban J connectivity index is 0.000000696. The average molecular weight is 442 g/mol. The van der Waals surface area contributed by atoms with E-state index in [9.17, 15) is 10.1 Å². The van der Waals surface area contributed by atoms with E-state index in [1.807, 2.05) is 49.5 Å². The number of ether oxygens (including phenoxy) is 1. The van der Waals surface area contributed by atoms with E-state index in [4.69, 9.17) is 4.74 Å². The first-order chi connectivity index (χ1) is 15.9. The Labute approximate surface area is 196 Å². The molecule has 0 spiro atoms. The highest BCUT2D eigenvalue weighted by atomic mass is 16.5. The first-order valence-corrected chi connectivity index (χ1v) is 10.8.